The average Bonchev–Trinajstić information content (AvgIpc) is 2.73. The Morgan fingerprint density at radius 1 is 0.786 bits per heavy atom. The van der Waals surface area contributed by atoms with Gasteiger partial charge in [-0.2, -0.15) is 0 Å². The number of halogens is 1. The van der Waals surface area contributed by atoms with Crippen molar-refractivity contribution in [2.45, 2.75) is 19.8 Å². The van der Waals surface area contributed by atoms with E-state index in [1.54, 1.807) is 24.3 Å². The van der Waals surface area contributed by atoms with E-state index in [1.807, 2.05) is 24.3 Å². The molecule has 142 valence electrons. The molecular formula is C24H21FO3. The zero-order valence-corrected chi connectivity index (χ0v) is 15.7. The van der Waals surface area contributed by atoms with E-state index in [0.29, 0.717) is 22.4 Å². The van der Waals surface area contributed by atoms with Gasteiger partial charge in [-0.05, 0) is 60.5 Å². The smallest absolute Gasteiger partial charge is 0.200 e. The van der Waals surface area contributed by atoms with Gasteiger partial charge >= 0.3 is 0 Å². The minimum absolute atomic E-state index is 0.0711. The second-order valence-corrected chi connectivity index (χ2v) is 6.52. The number of benzene rings is 3. The Morgan fingerprint density at radius 2 is 1.32 bits per heavy atom. The Morgan fingerprint density at radius 3 is 1.89 bits per heavy atom. The third-order valence-corrected chi connectivity index (χ3v) is 4.41. The molecular weight excluding hydrogens is 355 g/mol. The molecule has 3 rings (SSSR count). The summed E-state index contributed by atoms with van der Waals surface area (Å²) in [5, 5.41) is 0. The molecule has 0 aliphatic heterocycles. The Hall–Kier alpha value is -3.27. The molecule has 0 atom stereocenters. The number of ketones is 2. The van der Waals surface area contributed by atoms with Gasteiger partial charge in [0.05, 0.1) is 0 Å². The molecule has 0 aliphatic rings. The summed E-state index contributed by atoms with van der Waals surface area (Å²) in [5.41, 5.74) is 2.71. The van der Waals surface area contributed by atoms with Crippen LogP contribution in [0.15, 0.2) is 72.8 Å². The topological polar surface area (TPSA) is 43.4 Å². The normalized spacial score (nSPS) is 10.5. The van der Waals surface area contributed by atoms with Crippen molar-refractivity contribution in [1.82, 2.24) is 0 Å². The van der Waals surface area contributed by atoms with Crippen LogP contribution in [0, 0.1) is 5.82 Å². The Kier molecular flexibility index (Phi) is 6.33. The maximum Gasteiger partial charge on any atom is 0.200 e. The SMILES string of the molecule is CCCc1ccc(C(=O)COc2ccc(C(=O)c3ccc(F)cc3)cc2)cc1. The number of carbonyl (C=O) groups is 2. The first-order chi connectivity index (χ1) is 13.6. The van der Waals surface area contributed by atoms with Crippen LogP contribution in [0.1, 0.15) is 45.2 Å². The van der Waals surface area contributed by atoms with Crippen molar-refractivity contribution < 1.29 is 18.7 Å². The van der Waals surface area contributed by atoms with Crippen molar-refractivity contribution in [2.75, 3.05) is 6.61 Å². The van der Waals surface area contributed by atoms with Crippen molar-refractivity contribution in [3.8, 4) is 5.75 Å². The summed E-state index contributed by atoms with van der Waals surface area (Å²) in [5.74, 6) is -0.180. The monoisotopic (exact) mass is 376 g/mol. The van der Waals surface area contributed by atoms with E-state index in [0.717, 1.165) is 12.8 Å². The van der Waals surface area contributed by atoms with Crippen LogP contribution in [0.4, 0.5) is 4.39 Å². The van der Waals surface area contributed by atoms with Crippen LogP contribution in [0.2, 0.25) is 0 Å². The third kappa shape index (κ3) is 4.92. The molecule has 4 heteroatoms. The average molecular weight is 376 g/mol. The molecule has 3 aromatic rings. The van der Waals surface area contributed by atoms with Crippen LogP contribution in [0.5, 0.6) is 5.75 Å². The molecule has 0 spiro atoms. The first-order valence-corrected chi connectivity index (χ1v) is 9.22. The molecule has 28 heavy (non-hydrogen) atoms. The van der Waals surface area contributed by atoms with Crippen LogP contribution in [0.3, 0.4) is 0 Å². The largest absolute Gasteiger partial charge is 0.485 e. The summed E-state index contributed by atoms with van der Waals surface area (Å²) < 4.78 is 18.5. The molecule has 0 bridgehead atoms. The fourth-order valence-corrected chi connectivity index (χ4v) is 2.85. The van der Waals surface area contributed by atoms with Crippen molar-refractivity contribution in [1.29, 1.82) is 0 Å². The fourth-order valence-electron chi connectivity index (χ4n) is 2.85. The molecule has 0 amide bonds. The van der Waals surface area contributed by atoms with Crippen molar-refractivity contribution in [3.05, 3.63) is 101 Å². The van der Waals surface area contributed by atoms with E-state index in [9.17, 15) is 14.0 Å². The Bertz CT molecular complexity index is 943. The highest BCUT2D eigenvalue weighted by molar-refractivity contribution is 6.09. The number of hydrogen-bond acceptors (Lipinski definition) is 3. The van der Waals surface area contributed by atoms with Crippen LogP contribution < -0.4 is 4.74 Å². The van der Waals surface area contributed by atoms with Gasteiger partial charge in [0.25, 0.3) is 0 Å². The molecule has 0 N–H and O–H groups in total. The molecule has 0 fully saturated rings. The zero-order chi connectivity index (χ0) is 19.9. The molecule has 3 aromatic carbocycles. The van der Waals surface area contributed by atoms with Crippen molar-refractivity contribution in [3.63, 3.8) is 0 Å². The second kappa shape index (κ2) is 9.09. The summed E-state index contributed by atoms with van der Waals surface area (Å²) in [6, 6.07) is 19.5. The van der Waals surface area contributed by atoms with Crippen LogP contribution in [-0.4, -0.2) is 18.2 Å². The summed E-state index contributed by atoms with van der Waals surface area (Å²) >= 11 is 0. The molecule has 0 saturated carbocycles. The zero-order valence-electron chi connectivity index (χ0n) is 15.7. The highest BCUT2D eigenvalue weighted by Gasteiger charge is 2.10. The van der Waals surface area contributed by atoms with Gasteiger partial charge in [0.1, 0.15) is 11.6 Å². The molecule has 0 aromatic heterocycles. The fraction of sp³-hybridized carbons (Fsp3) is 0.167. The molecule has 0 aliphatic carbocycles. The molecule has 3 nitrogen and oxygen atoms in total. The van der Waals surface area contributed by atoms with Gasteiger partial charge in [0.2, 0.25) is 0 Å². The summed E-state index contributed by atoms with van der Waals surface area (Å²) in [4.78, 5) is 24.6. The van der Waals surface area contributed by atoms with Crippen LogP contribution in [0.25, 0.3) is 0 Å². The lowest BCUT2D eigenvalue weighted by Gasteiger charge is -2.07. The van der Waals surface area contributed by atoms with Crippen molar-refractivity contribution in [2.24, 2.45) is 0 Å². The predicted octanol–water partition coefficient (Wildman–Crippen LogP) is 5.27. The number of Topliss-reactive ketones (excluding diaryl/α,β-unsaturated/α-hetero) is 1. The lowest BCUT2D eigenvalue weighted by Crippen LogP contribution is -2.11. The quantitative estimate of drug-likeness (QED) is 0.503. The summed E-state index contributed by atoms with van der Waals surface area (Å²) in [6.07, 6.45) is 2.06. The minimum Gasteiger partial charge on any atom is -0.485 e. The third-order valence-electron chi connectivity index (χ3n) is 4.41. The van der Waals surface area contributed by atoms with Gasteiger partial charge in [0, 0.05) is 16.7 Å². The van der Waals surface area contributed by atoms with E-state index in [1.165, 1.54) is 29.8 Å². The maximum absolute atomic E-state index is 13.0. The highest BCUT2D eigenvalue weighted by Crippen LogP contribution is 2.16. The molecule has 0 saturated heterocycles. The Labute approximate surface area is 163 Å². The highest BCUT2D eigenvalue weighted by atomic mass is 19.1. The van der Waals surface area contributed by atoms with E-state index in [4.69, 9.17) is 4.74 Å². The van der Waals surface area contributed by atoms with Crippen molar-refractivity contribution >= 4 is 11.6 Å². The number of rotatable bonds is 8. The van der Waals surface area contributed by atoms with Gasteiger partial charge in [-0.25, -0.2) is 4.39 Å². The number of aryl methyl sites for hydroxylation is 1. The Balaban J connectivity index is 1.58. The van der Waals surface area contributed by atoms with Gasteiger partial charge in [-0.1, -0.05) is 37.6 Å². The standard InChI is InChI=1S/C24H21FO3/c1-2-3-17-4-6-18(7-5-17)23(26)16-28-22-14-10-20(11-15-22)24(27)19-8-12-21(25)13-9-19/h4-15H,2-3,16H2,1H3. The van der Waals surface area contributed by atoms with Gasteiger partial charge < -0.3 is 4.74 Å². The van der Waals surface area contributed by atoms with E-state index in [-0.39, 0.29) is 24.0 Å². The first-order valence-electron chi connectivity index (χ1n) is 9.22. The maximum atomic E-state index is 13.0. The second-order valence-electron chi connectivity index (χ2n) is 6.52. The lowest BCUT2D eigenvalue weighted by molar-refractivity contribution is 0.0920. The van der Waals surface area contributed by atoms with Gasteiger partial charge in [0.15, 0.2) is 18.2 Å². The minimum atomic E-state index is -0.384. The number of carbonyl (C=O) groups excluding carboxylic acids is 2. The van der Waals surface area contributed by atoms with E-state index >= 15 is 0 Å². The predicted molar refractivity (Wildman–Crippen MR) is 107 cm³/mol. The van der Waals surface area contributed by atoms with E-state index in [2.05, 4.69) is 6.92 Å². The molecule has 0 heterocycles. The van der Waals surface area contributed by atoms with Crippen LogP contribution >= 0.6 is 0 Å². The molecule has 0 unspecified atom stereocenters. The lowest BCUT2D eigenvalue weighted by atomic mass is 10.0. The summed E-state index contributed by atoms with van der Waals surface area (Å²) in [6.45, 7) is 2.05. The summed E-state index contributed by atoms with van der Waals surface area (Å²) in [7, 11) is 0. The van der Waals surface area contributed by atoms with Crippen LogP contribution in [-0.2, 0) is 6.42 Å². The number of ether oxygens (including phenoxy) is 1. The molecule has 0 radical (unpaired) electrons. The first kappa shape index (κ1) is 19.5. The van der Waals surface area contributed by atoms with Gasteiger partial charge in [-0.3, -0.25) is 9.59 Å². The van der Waals surface area contributed by atoms with E-state index < -0.39 is 0 Å². The number of hydrogen-bond donors (Lipinski definition) is 0. The van der Waals surface area contributed by atoms with Gasteiger partial charge in [-0.15, -0.1) is 0 Å².